The Kier molecular flexibility index (Phi) is 6.12. The van der Waals surface area contributed by atoms with Crippen molar-refractivity contribution in [2.24, 2.45) is 0 Å². The van der Waals surface area contributed by atoms with E-state index in [9.17, 15) is 9.90 Å². The topological polar surface area (TPSA) is 54.3 Å². The van der Waals surface area contributed by atoms with E-state index in [4.69, 9.17) is 0 Å². The summed E-state index contributed by atoms with van der Waals surface area (Å²) in [6.45, 7) is 2.90. The van der Waals surface area contributed by atoms with Crippen molar-refractivity contribution in [2.75, 3.05) is 6.54 Å². The minimum Gasteiger partial charge on any atom is -0.390 e. The number of aromatic nitrogens is 1. The third kappa shape index (κ3) is 4.37. The third-order valence-electron chi connectivity index (χ3n) is 6.64. The summed E-state index contributed by atoms with van der Waals surface area (Å²) in [5.74, 6) is 0.191. The van der Waals surface area contributed by atoms with Crippen LogP contribution in [0.15, 0.2) is 78.9 Å². The molecule has 1 heterocycles. The number of rotatable bonds is 7. The second-order valence-electron chi connectivity index (χ2n) is 9.05. The summed E-state index contributed by atoms with van der Waals surface area (Å²) in [5, 5.41) is 15.8. The molecule has 0 bridgehead atoms. The lowest BCUT2D eigenvalue weighted by Gasteiger charge is -2.23. The molecule has 4 heteroatoms. The van der Waals surface area contributed by atoms with Crippen molar-refractivity contribution in [2.45, 2.75) is 44.9 Å². The van der Waals surface area contributed by atoms with Gasteiger partial charge in [-0.3, -0.25) is 4.79 Å². The number of Topliss-reactive ketones (excluding diaryl/α,β-unsaturated/α-hetero) is 1. The lowest BCUT2D eigenvalue weighted by Crippen LogP contribution is -2.34. The van der Waals surface area contributed by atoms with Crippen molar-refractivity contribution in [1.29, 1.82) is 0 Å². The van der Waals surface area contributed by atoms with Gasteiger partial charge < -0.3 is 15.0 Å². The van der Waals surface area contributed by atoms with Gasteiger partial charge in [0.2, 0.25) is 0 Å². The maximum Gasteiger partial charge on any atom is 0.179 e. The summed E-state index contributed by atoms with van der Waals surface area (Å²) in [6.07, 6.45) is 1.78. The average molecular weight is 439 g/mol. The maximum atomic E-state index is 12.9. The molecule has 0 spiro atoms. The number of nitrogens with one attached hydrogen (secondary N) is 1. The molecule has 0 aliphatic heterocycles. The summed E-state index contributed by atoms with van der Waals surface area (Å²) in [6, 6.07) is 26.9. The molecule has 0 radical (unpaired) electrons. The Labute approximate surface area is 194 Å². The summed E-state index contributed by atoms with van der Waals surface area (Å²) in [7, 11) is 0. The number of hydrogen-bond acceptors (Lipinski definition) is 3. The highest BCUT2D eigenvalue weighted by Gasteiger charge is 2.27. The molecule has 0 fully saturated rings. The monoisotopic (exact) mass is 438 g/mol. The minimum absolute atomic E-state index is 0.0124. The number of carbonyl (C=O) groups excluding carboxylic acids is 1. The number of fused-ring (bicyclic) bond motifs is 3. The zero-order valence-corrected chi connectivity index (χ0v) is 19.0. The van der Waals surface area contributed by atoms with Crippen LogP contribution in [0.5, 0.6) is 0 Å². The Hall–Kier alpha value is -3.21. The Bertz CT molecular complexity index is 1220. The van der Waals surface area contributed by atoms with E-state index in [-0.39, 0.29) is 11.8 Å². The third-order valence-corrected chi connectivity index (χ3v) is 6.64. The number of aliphatic hydroxyl groups excluding tert-OH is 1. The molecule has 1 aliphatic rings. The van der Waals surface area contributed by atoms with Crippen LogP contribution in [-0.4, -0.2) is 28.1 Å². The number of hydrogen-bond donors (Lipinski definition) is 2. The first-order valence-electron chi connectivity index (χ1n) is 11.8. The Morgan fingerprint density at radius 1 is 0.939 bits per heavy atom. The molecule has 168 valence electrons. The van der Waals surface area contributed by atoms with Crippen LogP contribution in [0.1, 0.15) is 51.6 Å². The number of nitrogens with zero attached hydrogens (tertiary/aromatic N) is 1. The molecule has 0 saturated heterocycles. The van der Waals surface area contributed by atoms with E-state index in [1.807, 2.05) is 36.4 Å². The first-order valence-corrected chi connectivity index (χ1v) is 11.8. The molecule has 1 aromatic heterocycles. The quantitative estimate of drug-likeness (QED) is 0.417. The molecule has 0 saturated carbocycles. The Balaban J connectivity index is 1.41. The first kappa shape index (κ1) is 21.6. The molecule has 4 nitrogen and oxygen atoms in total. The standard InChI is InChI=1S/C29H30N2O2/c1-20-15-16-26-25(17-20)24-13-8-14-27(33)29(24)31(26)19-23(32)18-30-28(21-9-4-2-5-10-21)22-11-6-3-7-12-22/h2-7,9-12,15-17,23,28,30,32H,8,13-14,18-19H2,1H3/t23-/m1/s1. The number of ketones is 1. The largest absolute Gasteiger partial charge is 0.390 e. The molecular formula is C29H30N2O2. The number of aryl methyl sites for hydroxylation is 2. The smallest absolute Gasteiger partial charge is 0.179 e. The van der Waals surface area contributed by atoms with Gasteiger partial charge in [0.25, 0.3) is 0 Å². The second kappa shape index (κ2) is 9.34. The van der Waals surface area contributed by atoms with E-state index in [0.29, 0.717) is 19.5 Å². The van der Waals surface area contributed by atoms with E-state index >= 15 is 0 Å². The van der Waals surface area contributed by atoms with Gasteiger partial charge in [0, 0.05) is 23.9 Å². The molecule has 0 amide bonds. The van der Waals surface area contributed by atoms with Gasteiger partial charge in [0.1, 0.15) is 0 Å². The molecule has 33 heavy (non-hydrogen) atoms. The highest BCUT2D eigenvalue weighted by molar-refractivity contribution is 6.04. The van der Waals surface area contributed by atoms with Crippen LogP contribution in [0.3, 0.4) is 0 Å². The van der Waals surface area contributed by atoms with Gasteiger partial charge in [-0.25, -0.2) is 0 Å². The van der Waals surface area contributed by atoms with Crippen LogP contribution in [0, 0.1) is 6.92 Å². The van der Waals surface area contributed by atoms with Crippen LogP contribution in [0.4, 0.5) is 0 Å². The fraction of sp³-hybridized carbons (Fsp3) is 0.276. The maximum absolute atomic E-state index is 12.9. The van der Waals surface area contributed by atoms with Gasteiger partial charge in [-0.2, -0.15) is 0 Å². The van der Waals surface area contributed by atoms with Crippen LogP contribution in [0.2, 0.25) is 0 Å². The molecule has 4 aromatic rings. The van der Waals surface area contributed by atoms with E-state index < -0.39 is 6.10 Å². The molecule has 5 rings (SSSR count). The SMILES string of the molecule is Cc1ccc2c(c1)c1c(n2C[C@H](O)CNC(c2ccccc2)c2ccccc2)C(=O)CCC1. The fourth-order valence-corrected chi connectivity index (χ4v) is 5.09. The molecule has 1 aliphatic carbocycles. The number of carbonyl (C=O) groups is 1. The highest BCUT2D eigenvalue weighted by Crippen LogP contribution is 2.33. The van der Waals surface area contributed by atoms with Gasteiger partial charge in [-0.15, -0.1) is 0 Å². The van der Waals surface area contributed by atoms with E-state index in [2.05, 4.69) is 59.3 Å². The average Bonchev–Trinajstić information content (AvgIpc) is 3.14. The van der Waals surface area contributed by atoms with Crippen LogP contribution in [0.25, 0.3) is 10.9 Å². The van der Waals surface area contributed by atoms with Crippen LogP contribution < -0.4 is 5.32 Å². The molecule has 0 unspecified atom stereocenters. The molecule has 1 atom stereocenters. The van der Waals surface area contributed by atoms with E-state index in [0.717, 1.165) is 46.1 Å². The predicted molar refractivity (Wildman–Crippen MR) is 133 cm³/mol. The molecular weight excluding hydrogens is 408 g/mol. The van der Waals surface area contributed by atoms with Gasteiger partial charge in [0.15, 0.2) is 5.78 Å². The van der Waals surface area contributed by atoms with Gasteiger partial charge >= 0.3 is 0 Å². The normalized spacial score (nSPS) is 14.6. The summed E-state index contributed by atoms with van der Waals surface area (Å²) in [4.78, 5) is 12.9. The zero-order valence-electron chi connectivity index (χ0n) is 19.0. The van der Waals surface area contributed by atoms with Gasteiger partial charge in [0.05, 0.1) is 24.4 Å². The van der Waals surface area contributed by atoms with Crippen molar-refractivity contribution >= 4 is 16.7 Å². The van der Waals surface area contributed by atoms with Gasteiger partial charge in [-0.05, 0) is 48.6 Å². The van der Waals surface area contributed by atoms with Crippen molar-refractivity contribution < 1.29 is 9.90 Å². The van der Waals surface area contributed by atoms with Crippen LogP contribution in [-0.2, 0) is 13.0 Å². The predicted octanol–water partition coefficient (Wildman–Crippen LogP) is 5.21. The van der Waals surface area contributed by atoms with Crippen molar-refractivity contribution in [3.63, 3.8) is 0 Å². The summed E-state index contributed by atoms with van der Waals surface area (Å²) in [5.41, 5.74) is 6.50. The van der Waals surface area contributed by atoms with Crippen LogP contribution >= 0.6 is 0 Å². The van der Waals surface area contributed by atoms with Crippen molar-refractivity contribution in [3.05, 3.63) is 107 Å². The Morgan fingerprint density at radius 2 is 1.61 bits per heavy atom. The first-order chi connectivity index (χ1) is 16.1. The number of aliphatic hydroxyl groups is 1. The van der Waals surface area contributed by atoms with E-state index in [1.165, 1.54) is 5.56 Å². The highest BCUT2D eigenvalue weighted by atomic mass is 16.3. The van der Waals surface area contributed by atoms with Crippen molar-refractivity contribution in [3.8, 4) is 0 Å². The summed E-state index contributed by atoms with van der Waals surface area (Å²) >= 11 is 0. The fourth-order valence-electron chi connectivity index (χ4n) is 5.09. The Morgan fingerprint density at radius 3 is 2.27 bits per heavy atom. The lowest BCUT2D eigenvalue weighted by atomic mass is 9.94. The minimum atomic E-state index is -0.629. The molecule has 3 aromatic carbocycles. The number of benzene rings is 3. The summed E-state index contributed by atoms with van der Waals surface area (Å²) < 4.78 is 2.05. The van der Waals surface area contributed by atoms with Gasteiger partial charge in [-0.1, -0.05) is 72.3 Å². The molecule has 2 N–H and O–H groups in total. The van der Waals surface area contributed by atoms with E-state index in [1.54, 1.807) is 0 Å². The van der Waals surface area contributed by atoms with Crippen molar-refractivity contribution in [1.82, 2.24) is 9.88 Å². The second-order valence-corrected chi connectivity index (χ2v) is 9.05. The lowest BCUT2D eigenvalue weighted by molar-refractivity contribution is 0.0956. The zero-order chi connectivity index (χ0) is 22.8.